The van der Waals surface area contributed by atoms with E-state index < -0.39 is 0 Å². The van der Waals surface area contributed by atoms with Crippen LogP contribution >= 0.6 is 0 Å². The first-order valence-corrected chi connectivity index (χ1v) is 8.17. The number of unbranched alkanes of at least 4 members (excludes halogenated alkanes) is 3. The Labute approximate surface area is 119 Å². The van der Waals surface area contributed by atoms with E-state index >= 15 is 0 Å². The molecule has 0 saturated carbocycles. The minimum absolute atomic E-state index is 0.211. The number of nitrogens with zero attached hydrogens (tertiary/aromatic N) is 1. The number of piperidine rings is 1. The average molecular weight is 268 g/mol. The minimum Gasteiger partial charge on any atom is -0.356 e. The van der Waals surface area contributed by atoms with Gasteiger partial charge in [0.2, 0.25) is 5.91 Å². The third kappa shape index (κ3) is 9.04. The van der Waals surface area contributed by atoms with E-state index in [1.54, 1.807) is 0 Å². The highest BCUT2D eigenvalue weighted by Crippen LogP contribution is 2.10. The summed E-state index contributed by atoms with van der Waals surface area (Å²) in [7, 11) is 0. The highest BCUT2D eigenvalue weighted by atomic mass is 16.1. The largest absolute Gasteiger partial charge is 0.356 e. The lowest BCUT2D eigenvalue weighted by molar-refractivity contribution is -0.121. The Hall–Kier alpha value is -0.570. The van der Waals surface area contributed by atoms with Crippen LogP contribution in [0.15, 0.2) is 0 Å². The molecule has 0 spiro atoms. The molecule has 1 heterocycles. The lowest BCUT2D eigenvalue weighted by atomic mass is 10.1. The molecule has 0 aromatic heterocycles. The molecule has 1 N–H and O–H groups in total. The van der Waals surface area contributed by atoms with Crippen LogP contribution in [0, 0.1) is 5.92 Å². The normalized spacial score (nSPS) is 16.8. The molecule has 112 valence electrons. The number of carbonyl (C=O) groups is 1. The van der Waals surface area contributed by atoms with Gasteiger partial charge in [0.05, 0.1) is 0 Å². The second-order valence-corrected chi connectivity index (χ2v) is 6.26. The third-order valence-electron chi connectivity index (χ3n) is 3.77. The van der Waals surface area contributed by atoms with Crippen molar-refractivity contribution in [2.45, 2.75) is 65.2 Å². The zero-order valence-corrected chi connectivity index (χ0v) is 12.9. The summed E-state index contributed by atoms with van der Waals surface area (Å²) in [5.41, 5.74) is 0. The Bertz CT molecular complexity index is 235. The molecule has 1 amide bonds. The SMILES string of the molecule is CC(C)CC(=O)NCCCCCCN1CCCCC1. The fourth-order valence-electron chi connectivity index (χ4n) is 2.67. The summed E-state index contributed by atoms with van der Waals surface area (Å²) in [6, 6.07) is 0. The van der Waals surface area contributed by atoms with Gasteiger partial charge in [0, 0.05) is 13.0 Å². The maximum Gasteiger partial charge on any atom is 0.220 e. The van der Waals surface area contributed by atoms with E-state index in [2.05, 4.69) is 24.1 Å². The van der Waals surface area contributed by atoms with Crippen LogP contribution in [0.25, 0.3) is 0 Å². The van der Waals surface area contributed by atoms with Crippen LogP contribution in [0.1, 0.15) is 65.2 Å². The van der Waals surface area contributed by atoms with Crippen molar-refractivity contribution in [3.8, 4) is 0 Å². The lowest BCUT2D eigenvalue weighted by Crippen LogP contribution is -2.30. The average Bonchev–Trinajstić information content (AvgIpc) is 2.38. The van der Waals surface area contributed by atoms with Crippen LogP contribution in [0.5, 0.6) is 0 Å². The van der Waals surface area contributed by atoms with Gasteiger partial charge in [0.1, 0.15) is 0 Å². The van der Waals surface area contributed by atoms with Crippen molar-refractivity contribution in [1.82, 2.24) is 10.2 Å². The highest BCUT2D eigenvalue weighted by Gasteiger charge is 2.08. The Kier molecular flexibility index (Phi) is 8.89. The summed E-state index contributed by atoms with van der Waals surface area (Å²) >= 11 is 0. The van der Waals surface area contributed by atoms with Crippen LogP contribution in [-0.4, -0.2) is 37.0 Å². The number of hydrogen-bond donors (Lipinski definition) is 1. The molecular formula is C16H32N2O. The molecule has 3 nitrogen and oxygen atoms in total. The summed E-state index contributed by atoms with van der Waals surface area (Å²) in [6.45, 7) is 8.92. The van der Waals surface area contributed by atoms with Crippen LogP contribution in [-0.2, 0) is 4.79 Å². The molecule has 1 aliphatic heterocycles. The highest BCUT2D eigenvalue weighted by molar-refractivity contribution is 5.75. The summed E-state index contributed by atoms with van der Waals surface area (Å²) in [5.74, 6) is 0.674. The number of likely N-dealkylation sites (tertiary alicyclic amines) is 1. The zero-order chi connectivity index (χ0) is 13.9. The molecular weight excluding hydrogens is 236 g/mol. The maximum atomic E-state index is 11.4. The molecule has 0 radical (unpaired) electrons. The van der Waals surface area contributed by atoms with Crippen molar-refractivity contribution < 1.29 is 4.79 Å². The minimum atomic E-state index is 0.211. The van der Waals surface area contributed by atoms with Crippen molar-refractivity contribution in [1.29, 1.82) is 0 Å². The first-order chi connectivity index (χ1) is 9.18. The first kappa shape index (κ1) is 16.5. The van der Waals surface area contributed by atoms with E-state index in [9.17, 15) is 4.79 Å². The molecule has 19 heavy (non-hydrogen) atoms. The zero-order valence-electron chi connectivity index (χ0n) is 12.9. The standard InChI is InChI=1S/C16H32N2O/c1-15(2)14-16(19)17-10-6-3-4-7-11-18-12-8-5-9-13-18/h15H,3-14H2,1-2H3,(H,17,19). The monoisotopic (exact) mass is 268 g/mol. The van der Waals surface area contributed by atoms with Crippen molar-refractivity contribution in [2.24, 2.45) is 5.92 Å². The van der Waals surface area contributed by atoms with Gasteiger partial charge in [-0.25, -0.2) is 0 Å². The van der Waals surface area contributed by atoms with Crippen molar-refractivity contribution in [2.75, 3.05) is 26.2 Å². The molecule has 0 bridgehead atoms. The topological polar surface area (TPSA) is 32.3 Å². The molecule has 0 aliphatic carbocycles. The Balaban J connectivity index is 1.84. The quantitative estimate of drug-likeness (QED) is 0.651. The maximum absolute atomic E-state index is 11.4. The van der Waals surface area contributed by atoms with Gasteiger partial charge in [0.25, 0.3) is 0 Å². The van der Waals surface area contributed by atoms with E-state index in [-0.39, 0.29) is 5.91 Å². The van der Waals surface area contributed by atoms with Gasteiger partial charge in [0.15, 0.2) is 0 Å². The fourth-order valence-corrected chi connectivity index (χ4v) is 2.67. The van der Waals surface area contributed by atoms with Crippen LogP contribution in [0.2, 0.25) is 0 Å². The van der Waals surface area contributed by atoms with Gasteiger partial charge in [-0.05, 0) is 51.2 Å². The molecule has 1 aliphatic rings. The third-order valence-corrected chi connectivity index (χ3v) is 3.77. The molecule has 1 fully saturated rings. The number of amides is 1. The number of rotatable bonds is 9. The Morgan fingerprint density at radius 2 is 1.74 bits per heavy atom. The summed E-state index contributed by atoms with van der Waals surface area (Å²) in [5, 5.41) is 3.00. The van der Waals surface area contributed by atoms with Crippen molar-refractivity contribution >= 4 is 5.91 Å². The van der Waals surface area contributed by atoms with Crippen molar-refractivity contribution in [3.05, 3.63) is 0 Å². The van der Waals surface area contributed by atoms with Crippen LogP contribution in [0.4, 0.5) is 0 Å². The van der Waals surface area contributed by atoms with E-state index in [0.29, 0.717) is 12.3 Å². The summed E-state index contributed by atoms with van der Waals surface area (Å²) in [4.78, 5) is 14.0. The number of carbonyl (C=O) groups excluding carboxylic acids is 1. The predicted molar refractivity (Wildman–Crippen MR) is 81.2 cm³/mol. The Morgan fingerprint density at radius 1 is 1.05 bits per heavy atom. The van der Waals surface area contributed by atoms with E-state index in [1.807, 2.05) is 0 Å². The molecule has 0 unspecified atom stereocenters. The summed E-state index contributed by atoms with van der Waals surface area (Å²) < 4.78 is 0. The second-order valence-electron chi connectivity index (χ2n) is 6.26. The fraction of sp³-hybridized carbons (Fsp3) is 0.938. The Morgan fingerprint density at radius 3 is 2.42 bits per heavy atom. The van der Waals surface area contributed by atoms with Crippen molar-refractivity contribution in [3.63, 3.8) is 0 Å². The van der Waals surface area contributed by atoms with Crippen LogP contribution in [0.3, 0.4) is 0 Å². The molecule has 0 aromatic carbocycles. The van der Waals surface area contributed by atoms with Gasteiger partial charge in [-0.15, -0.1) is 0 Å². The second kappa shape index (κ2) is 10.2. The van der Waals surface area contributed by atoms with Gasteiger partial charge in [-0.3, -0.25) is 4.79 Å². The van der Waals surface area contributed by atoms with Gasteiger partial charge < -0.3 is 10.2 Å². The molecule has 1 rings (SSSR count). The smallest absolute Gasteiger partial charge is 0.220 e. The first-order valence-electron chi connectivity index (χ1n) is 8.17. The molecule has 0 aromatic rings. The lowest BCUT2D eigenvalue weighted by Gasteiger charge is -2.26. The predicted octanol–water partition coefficient (Wildman–Crippen LogP) is 3.20. The van der Waals surface area contributed by atoms with E-state index in [4.69, 9.17) is 0 Å². The van der Waals surface area contributed by atoms with Gasteiger partial charge >= 0.3 is 0 Å². The molecule has 3 heteroatoms. The molecule has 0 atom stereocenters. The van der Waals surface area contributed by atoms with Gasteiger partial charge in [-0.2, -0.15) is 0 Å². The van der Waals surface area contributed by atoms with Gasteiger partial charge in [-0.1, -0.05) is 33.1 Å². The van der Waals surface area contributed by atoms with Crippen LogP contribution < -0.4 is 5.32 Å². The summed E-state index contributed by atoms with van der Waals surface area (Å²) in [6.07, 6.45) is 9.86. The number of nitrogens with one attached hydrogen (secondary N) is 1. The van der Waals surface area contributed by atoms with E-state index in [1.165, 1.54) is 58.2 Å². The van der Waals surface area contributed by atoms with E-state index in [0.717, 1.165) is 13.0 Å². The molecule has 1 saturated heterocycles. The number of hydrogen-bond acceptors (Lipinski definition) is 2.